The smallest absolute Gasteiger partial charge is 0.264 e. The van der Waals surface area contributed by atoms with Crippen molar-refractivity contribution in [1.29, 1.82) is 0 Å². The number of nitrogens with one attached hydrogen (secondary N) is 1. The van der Waals surface area contributed by atoms with Gasteiger partial charge in [-0.1, -0.05) is 36.7 Å². The monoisotopic (exact) mass is 826 g/mol. The maximum Gasteiger partial charge on any atom is 0.264 e. The van der Waals surface area contributed by atoms with E-state index < -0.39 is 26.8 Å². The van der Waals surface area contributed by atoms with Crippen molar-refractivity contribution in [2.45, 2.75) is 81.6 Å². The fourth-order valence-electron chi connectivity index (χ4n) is 10.3. The van der Waals surface area contributed by atoms with E-state index in [0.717, 1.165) is 82.1 Å². The van der Waals surface area contributed by atoms with E-state index in [-0.39, 0.29) is 23.3 Å². The molecule has 0 aromatic heterocycles. The molecule has 3 aliphatic heterocycles. The zero-order valence-electron chi connectivity index (χ0n) is 34.5. The molecular weight excluding hydrogens is 764 g/mol. The van der Waals surface area contributed by atoms with Crippen LogP contribution in [0.4, 0.5) is 5.69 Å². The van der Waals surface area contributed by atoms with Crippen molar-refractivity contribution in [3.8, 4) is 5.75 Å². The average molecular weight is 828 g/mol. The molecule has 1 saturated heterocycles. The lowest BCUT2D eigenvalue weighted by atomic mass is 9.63. The van der Waals surface area contributed by atoms with E-state index in [1.807, 2.05) is 25.1 Å². The molecular formula is C44H63ClN4O7S. The first-order valence-corrected chi connectivity index (χ1v) is 23.0. The van der Waals surface area contributed by atoms with Gasteiger partial charge in [-0.25, -0.2) is 13.1 Å². The number of methoxy groups -OCH3 is 2. The van der Waals surface area contributed by atoms with Crippen molar-refractivity contribution in [3.05, 3.63) is 70.3 Å². The van der Waals surface area contributed by atoms with Crippen molar-refractivity contribution in [2.75, 3.05) is 91.4 Å². The van der Waals surface area contributed by atoms with Crippen LogP contribution in [-0.4, -0.2) is 127 Å². The molecule has 2 aliphatic carbocycles. The van der Waals surface area contributed by atoms with Crippen molar-refractivity contribution in [3.63, 3.8) is 0 Å². The first-order valence-electron chi connectivity index (χ1n) is 21.0. The predicted octanol–water partition coefficient (Wildman–Crippen LogP) is 5.94. The number of nitrogens with zero attached hydrogens (tertiary/aromatic N) is 3. The molecule has 2 aromatic carbocycles. The van der Waals surface area contributed by atoms with E-state index in [2.05, 4.69) is 50.6 Å². The Labute approximate surface area is 345 Å². The molecule has 2 fully saturated rings. The predicted molar refractivity (Wildman–Crippen MR) is 225 cm³/mol. The standard InChI is InChI=1S/C44H63ClN4O7S/c1-6-56-44(29-47-19-21-48(22-20-47)37(26-53-4)27-54-5)18-7-9-31(2)32(3)57(51,52)46-42(50)34-12-16-41-40(24-34)49(25-35-11-14-39(35)44)28-43(30-55-41)17-8-10-33-23-36(45)13-15-38(33)43/h7,12-13,15-16,18,23-24,31-32,35,37,39H,6,8-11,14,17,19-22,25-30H2,1-5H3,(H,46,50)/b18-7-/t31-,32+,35-,39+,43-,44-/m0/s1. The quantitative estimate of drug-likeness (QED) is 0.306. The molecule has 1 N–H and O–H groups in total. The molecule has 0 radical (unpaired) electrons. The van der Waals surface area contributed by atoms with E-state index in [1.165, 1.54) is 11.1 Å². The summed E-state index contributed by atoms with van der Waals surface area (Å²) < 4.78 is 54.7. The summed E-state index contributed by atoms with van der Waals surface area (Å²) in [5.74, 6) is 0.398. The number of carbonyl (C=O) groups excluding carboxylic acids is 1. The highest BCUT2D eigenvalue weighted by molar-refractivity contribution is 7.90. The van der Waals surface area contributed by atoms with E-state index in [4.69, 9.17) is 30.5 Å². The molecule has 314 valence electrons. The first kappa shape index (κ1) is 42.4. The van der Waals surface area contributed by atoms with Gasteiger partial charge in [-0.15, -0.1) is 0 Å². The van der Waals surface area contributed by atoms with Crippen LogP contribution in [0.15, 0.2) is 48.6 Å². The van der Waals surface area contributed by atoms with Crippen LogP contribution >= 0.6 is 11.6 Å². The molecule has 5 aliphatic rings. The van der Waals surface area contributed by atoms with Gasteiger partial charge in [0.2, 0.25) is 10.0 Å². The van der Waals surface area contributed by atoms with Gasteiger partial charge in [0.05, 0.1) is 36.8 Å². The largest absolute Gasteiger partial charge is 0.490 e. The van der Waals surface area contributed by atoms with Gasteiger partial charge in [0, 0.05) is 82.6 Å². The van der Waals surface area contributed by atoms with Crippen molar-refractivity contribution in [2.24, 2.45) is 17.8 Å². The number of aryl methyl sites for hydroxylation is 1. The fraction of sp³-hybridized carbons (Fsp3) is 0.659. The highest BCUT2D eigenvalue weighted by Gasteiger charge is 2.50. The van der Waals surface area contributed by atoms with Gasteiger partial charge < -0.3 is 23.8 Å². The molecule has 57 heavy (non-hydrogen) atoms. The summed E-state index contributed by atoms with van der Waals surface area (Å²) in [7, 11) is -0.487. The molecule has 2 aromatic rings. The van der Waals surface area contributed by atoms with Crippen molar-refractivity contribution >= 4 is 33.2 Å². The Morgan fingerprint density at radius 3 is 2.51 bits per heavy atom. The van der Waals surface area contributed by atoms with Crippen LogP contribution in [0.25, 0.3) is 0 Å². The summed E-state index contributed by atoms with van der Waals surface area (Å²) in [6.07, 6.45) is 10.0. The van der Waals surface area contributed by atoms with Gasteiger partial charge >= 0.3 is 0 Å². The zero-order valence-corrected chi connectivity index (χ0v) is 36.1. The van der Waals surface area contributed by atoms with Gasteiger partial charge in [0.25, 0.3) is 5.91 Å². The summed E-state index contributed by atoms with van der Waals surface area (Å²) in [6, 6.07) is 11.9. The number of sulfonamides is 1. The molecule has 1 amide bonds. The number of rotatable bonds is 9. The summed E-state index contributed by atoms with van der Waals surface area (Å²) in [5, 5.41) is -0.0515. The number of piperazine rings is 1. The van der Waals surface area contributed by atoms with Crippen molar-refractivity contribution in [1.82, 2.24) is 14.5 Å². The van der Waals surface area contributed by atoms with Crippen LogP contribution in [0, 0.1) is 17.8 Å². The Morgan fingerprint density at radius 1 is 1.04 bits per heavy atom. The van der Waals surface area contributed by atoms with Gasteiger partial charge in [-0.3, -0.25) is 14.6 Å². The van der Waals surface area contributed by atoms with Crippen LogP contribution < -0.4 is 14.4 Å². The van der Waals surface area contributed by atoms with Crippen LogP contribution in [0.1, 0.15) is 74.4 Å². The lowest BCUT2D eigenvalue weighted by molar-refractivity contribution is -0.114. The summed E-state index contributed by atoms with van der Waals surface area (Å²) in [6.45, 7) is 13.9. The number of fused-ring (bicyclic) bond motifs is 4. The third-order valence-electron chi connectivity index (χ3n) is 13.8. The Bertz CT molecular complexity index is 1870. The zero-order chi connectivity index (χ0) is 40.4. The fourth-order valence-corrected chi connectivity index (χ4v) is 11.8. The van der Waals surface area contributed by atoms with Gasteiger partial charge in [0.15, 0.2) is 0 Å². The van der Waals surface area contributed by atoms with E-state index in [9.17, 15) is 13.2 Å². The van der Waals surface area contributed by atoms with E-state index in [1.54, 1.807) is 27.2 Å². The second-order valence-corrected chi connectivity index (χ2v) is 19.8. The van der Waals surface area contributed by atoms with E-state index in [0.29, 0.717) is 56.6 Å². The number of benzene rings is 2. The number of anilines is 1. The van der Waals surface area contributed by atoms with Crippen LogP contribution in [0.2, 0.25) is 5.02 Å². The van der Waals surface area contributed by atoms with Gasteiger partial charge in [-0.2, -0.15) is 0 Å². The Kier molecular flexibility index (Phi) is 13.3. The molecule has 2 bridgehead atoms. The minimum Gasteiger partial charge on any atom is -0.490 e. The van der Waals surface area contributed by atoms with E-state index >= 15 is 0 Å². The van der Waals surface area contributed by atoms with Crippen LogP contribution in [0.5, 0.6) is 5.75 Å². The molecule has 0 unspecified atom stereocenters. The lowest BCUT2D eigenvalue weighted by Crippen LogP contribution is -2.60. The Hall–Kier alpha value is -2.71. The van der Waals surface area contributed by atoms with Crippen LogP contribution in [0.3, 0.4) is 0 Å². The van der Waals surface area contributed by atoms with Crippen molar-refractivity contribution < 1.29 is 32.2 Å². The topological polar surface area (TPSA) is 110 Å². The highest BCUT2D eigenvalue weighted by atomic mass is 35.5. The normalized spacial score (nSPS) is 31.4. The molecule has 11 nitrogen and oxygen atoms in total. The number of allylic oxidation sites excluding steroid dienone is 1. The molecule has 3 heterocycles. The third kappa shape index (κ3) is 8.93. The highest BCUT2D eigenvalue weighted by Crippen LogP contribution is 2.49. The molecule has 1 saturated carbocycles. The second-order valence-electron chi connectivity index (χ2n) is 17.3. The van der Waals surface area contributed by atoms with Gasteiger partial charge in [0.1, 0.15) is 11.4 Å². The van der Waals surface area contributed by atoms with Gasteiger partial charge in [-0.05, 0) is 112 Å². The minimum absolute atomic E-state index is 0.212. The molecule has 13 heteroatoms. The third-order valence-corrected chi connectivity index (χ3v) is 15.9. The Balaban J connectivity index is 1.26. The number of carbonyl (C=O) groups is 1. The SMILES string of the molecule is CCO[C@]1(CN2CCN(C(COC)COC)CC2)/C=C\C[C@H](C)[C@@H](C)S(=O)(=O)NC(=O)c2ccc3c(c2)N(C[C@@H]2CC[C@H]21)C[C@@]1(CCCc2cc(Cl)ccc21)CO3. The maximum absolute atomic E-state index is 13.7. The number of halogens is 1. The lowest BCUT2D eigenvalue weighted by Gasteiger charge is -2.53. The maximum atomic E-state index is 13.7. The summed E-state index contributed by atoms with van der Waals surface area (Å²) in [4.78, 5) is 21.2. The summed E-state index contributed by atoms with van der Waals surface area (Å²) in [5.41, 5.74) is 2.82. The average Bonchev–Trinajstić information content (AvgIpc) is 3.32. The molecule has 6 atom stereocenters. The second kappa shape index (κ2) is 17.9. The number of hydrogen-bond donors (Lipinski definition) is 1. The summed E-state index contributed by atoms with van der Waals surface area (Å²) >= 11 is 6.53. The Morgan fingerprint density at radius 2 is 1.81 bits per heavy atom. The number of hydrogen-bond acceptors (Lipinski definition) is 10. The molecule has 7 rings (SSSR count). The molecule has 1 spiro atoms. The first-order chi connectivity index (χ1) is 27.4. The number of amides is 1. The number of ether oxygens (including phenoxy) is 4. The minimum atomic E-state index is -3.98. The van der Waals surface area contributed by atoms with Crippen LogP contribution in [-0.2, 0) is 36.1 Å².